The highest BCUT2D eigenvalue weighted by Gasteiger charge is 2.48. The molecule has 534 valence electrons. The van der Waals surface area contributed by atoms with Crippen molar-refractivity contribution in [3.63, 3.8) is 0 Å². The molecule has 0 radical (unpaired) electrons. The van der Waals surface area contributed by atoms with Crippen LogP contribution in [-0.2, 0) is 49.5 Å². The van der Waals surface area contributed by atoms with E-state index in [9.17, 15) is 65.9 Å². The van der Waals surface area contributed by atoms with Crippen LogP contribution in [0, 0.1) is 20.8 Å². The normalized spacial score (nSPS) is 17.7. The Morgan fingerprint density at radius 1 is 0.690 bits per heavy atom. The molecule has 5 atom stereocenters. The largest absolute Gasteiger partial charge is 0.542 e. The summed E-state index contributed by atoms with van der Waals surface area (Å²) < 4.78 is 55.2. The minimum atomic E-state index is -5.19. The van der Waals surface area contributed by atoms with Crippen LogP contribution < -0.4 is 46.3 Å². The van der Waals surface area contributed by atoms with Gasteiger partial charge in [-0.05, 0) is 154 Å². The summed E-state index contributed by atoms with van der Waals surface area (Å²) in [4.78, 5) is 154. The van der Waals surface area contributed by atoms with Gasteiger partial charge in [0.2, 0.25) is 29.5 Å². The van der Waals surface area contributed by atoms with Gasteiger partial charge in [0.15, 0.2) is 17.3 Å². The van der Waals surface area contributed by atoms with E-state index >= 15 is 0 Å². The van der Waals surface area contributed by atoms with E-state index in [0.717, 1.165) is 44.9 Å². The van der Waals surface area contributed by atoms with E-state index < -0.39 is 89.6 Å². The van der Waals surface area contributed by atoms with Gasteiger partial charge in [-0.3, -0.25) is 68.4 Å². The molecule has 5 aliphatic heterocycles. The number of alkyl halides is 3. The van der Waals surface area contributed by atoms with Crippen molar-refractivity contribution < 1.29 is 100 Å². The number of amides is 9. The lowest BCUT2D eigenvalue weighted by Gasteiger charge is -2.37. The Morgan fingerprint density at radius 3 is 1.80 bits per heavy atom. The molecule has 5 aliphatic rings. The van der Waals surface area contributed by atoms with Crippen LogP contribution in [0.5, 0.6) is 17.2 Å². The average molecular weight is 1390 g/mol. The fourth-order valence-corrected chi connectivity index (χ4v) is 12.4. The number of carboxylic acid groups (broad SMARTS) is 1. The van der Waals surface area contributed by atoms with Gasteiger partial charge in [0.25, 0.3) is 23.6 Å². The molecule has 9 amide bonds. The van der Waals surface area contributed by atoms with Crippen LogP contribution in [0.1, 0.15) is 172 Å². The highest BCUT2D eigenvalue weighted by Crippen LogP contribution is 2.39. The van der Waals surface area contributed by atoms with Crippen molar-refractivity contribution in [2.24, 2.45) is 0 Å². The number of Topliss-reactive ketones (excluding diaryl/α,β-unsaturated/α-hetero) is 1. The van der Waals surface area contributed by atoms with Crippen molar-refractivity contribution in [1.29, 1.82) is 0 Å². The maximum atomic E-state index is 14.5. The van der Waals surface area contributed by atoms with Gasteiger partial charge in [0.1, 0.15) is 42.6 Å². The summed E-state index contributed by atoms with van der Waals surface area (Å²) >= 11 is 0. The molecular formula is C72H83F3N8O17. The smallest absolute Gasteiger partial charge is 0.430 e. The SMILES string of the molecule is C.CC[C@H](C(=O)N1CCCC[C@H]1C(=O)O[C@H](CCc1ccc(C)c(C)c1)c1cccc(OCC(=O)CCCNc2cccc3c2C(=O)N(C2CCC(=O)NC2=O)C3=O)c1)c1cc(C)c(OC)c(OC)c1.O=C([O-])C(F)(F)F.[NH3+]CCNc1cccc2c1C(=O)N(C1CCC(=O)NC1=O)C2=O. The number of aliphatic carboxylic acids is 1. The molecule has 3 saturated heterocycles. The Morgan fingerprint density at radius 2 is 1.27 bits per heavy atom. The predicted molar refractivity (Wildman–Crippen MR) is 355 cm³/mol. The number of carbonyl (C=O) groups excluding carboxylic acids is 12. The number of benzene rings is 5. The number of carbonyl (C=O) groups is 12. The first-order valence-corrected chi connectivity index (χ1v) is 32.5. The molecule has 0 saturated carbocycles. The van der Waals surface area contributed by atoms with Crippen molar-refractivity contribution in [2.45, 2.75) is 148 Å². The van der Waals surface area contributed by atoms with E-state index in [1.54, 1.807) is 67.7 Å². The van der Waals surface area contributed by atoms with Crippen LogP contribution >= 0.6 is 0 Å². The summed E-state index contributed by atoms with van der Waals surface area (Å²) in [6.45, 7) is 9.73. The molecule has 0 aromatic heterocycles. The average Bonchev–Trinajstić information content (AvgIpc) is 1.60. The third-order valence-electron chi connectivity index (χ3n) is 17.6. The molecule has 0 spiro atoms. The number of ketones is 1. The summed E-state index contributed by atoms with van der Waals surface area (Å²) in [5.41, 5.74) is 11.3. The molecule has 2 unspecified atom stereocenters. The topological polar surface area (TPSA) is 350 Å². The number of halogens is 3. The zero-order valence-corrected chi connectivity index (χ0v) is 55.7. The number of hydrogen-bond acceptors (Lipinski definition) is 19. The van der Waals surface area contributed by atoms with Gasteiger partial charge in [-0.2, -0.15) is 13.2 Å². The Bertz CT molecular complexity index is 3970. The summed E-state index contributed by atoms with van der Waals surface area (Å²) in [6.07, 6.45) is -1.35. The second kappa shape index (κ2) is 34.3. The highest BCUT2D eigenvalue weighted by molar-refractivity contribution is 6.26. The van der Waals surface area contributed by atoms with Crippen LogP contribution in [0.2, 0.25) is 0 Å². The quantitative estimate of drug-likeness (QED) is 0.0255. The lowest BCUT2D eigenvalue weighted by atomic mass is 9.91. The zero-order valence-electron chi connectivity index (χ0n) is 55.7. The van der Waals surface area contributed by atoms with E-state index in [-0.39, 0.29) is 86.0 Å². The molecule has 28 heteroatoms. The summed E-state index contributed by atoms with van der Waals surface area (Å²) in [7, 11) is 3.15. The first-order chi connectivity index (χ1) is 47.2. The van der Waals surface area contributed by atoms with Crippen LogP contribution in [-0.4, -0.2) is 157 Å². The van der Waals surface area contributed by atoms with Crippen molar-refractivity contribution in [2.75, 3.05) is 57.6 Å². The predicted octanol–water partition coefficient (Wildman–Crippen LogP) is 6.34. The summed E-state index contributed by atoms with van der Waals surface area (Å²) in [5, 5.41) is 19.4. The number of methoxy groups -OCH3 is 2. The first kappa shape index (κ1) is 76.9. The number of anilines is 2. The Labute approximate surface area is 575 Å². The number of quaternary nitrogens is 1. The fraction of sp³-hybridized carbons (Fsp3) is 0.417. The number of fused-ring (bicyclic) bond motifs is 2. The van der Waals surface area contributed by atoms with Gasteiger partial charge in [-0.1, -0.05) is 62.9 Å². The fourth-order valence-electron chi connectivity index (χ4n) is 12.4. The monoisotopic (exact) mass is 1390 g/mol. The van der Waals surface area contributed by atoms with E-state index in [1.165, 1.54) is 11.6 Å². The number of carboxylic acids is 1. The molecule has 0 bridgehead atoms. The number of nitrogens with zero attached hydrogens (tertiary/aromatic N) is 3. The van der Waals surface area contributed by atoms with Crippen molar-refractivity contribution in [1.82, 2.24) is 25.3 Å². The third-order valence-corrected chi connectivity index (χ3v) is 17.6. The van der Waals surface area contributed by atoms with E-state index in [0.29, 0.717) is 92.5 Å². The van der Waals surface area contributed by atoms with E-state index in [4.69, 9.17) is 28.8 Å². The lowest BCUT2D eigenvalue weighted by Crippen LogP contribution is -2.54. The van der Waals surface area contributed by atoms with Gasteiger partial charge in [-0.15, -0.1) is 0 Å². The van der Waals surface area contributed by atoms with Crippen LogP contribution in [0.25, 0.3) is 0 Å². The second-order valence-electron chi connectivity index (χ2n) is 24.3. The number of rotatable bonds is 24. The number of hydrogen-bond donors (Lipinski definition) is 5. The van der Waals surface area contributed by atoms with E-state index in [2.05, 4.69) is 59.0 Å². The van der Waals surface area contributed by atoms with Crippen LogP contribution in [0.15, 0.2) is 91.0 Å². The number of likely N-dealkylation sites (tertiary alicyclic amines) is 1. The van der Waals surface area contributed by atoms with Gasteiger partial charge in [-0.25, -0.2) is 4.79 Å². The van der Waals surface area contributed by atoms with Crippen molar-refractivity contribution in [3.05, 3.63) is 147 Å². The molecule has 5 aromatic carbocycles. The molecule has 100 heavy (non-hydrogen) atoms. The second-order valence-corrected chi connectivity index (χ2v) is 24.3. The summed E-state index contributed by atoms with van der Waals surface area (Å²) in [5.74, 6) is -7.05. The zero-order chi connectivity index (χ0) is 72.0. The molecule has 10 rings (SSSR count). The Kier molecular flexibility index (Phi) is 26.4. The molecule has 3 fully saturated rings. The Balaban J connectivity index is 0.000000372. The van der Waals surface area contributed by atoms with Gasteiger partial charge in [0.05, 0.1) is 55.5 Å². The lowest BCUT2D eigenvalue weighted by molar-refractivity contribution is -0.362. The molecular weight excluding hydrogens is 1310 g/mol. The van der Waals surface area contributed by atoms with Gasteiger partial charge < -0.3 is 50.1 Å². The van der Waals surface area contributed by atoms with Crippen molar-refractivity contribution in [3.8, 4) is 17.2 Å². The Hall–Kier alpha value is -10.5. The van der Waals surface area contributed by atoms with Crippen LogP contribution in [0.3, 0.4) is 0 Å². The van der Waals surface area contributed by atoms with Crippen molar-refractivity contribution >= 4 is 82.3 Å². The third kappa shape index (κ3) is 18.0. The van der Waals surface area contributed by atoms with Gasteiger partial charge >= 0.3 is 12.1 Å². The number of esters is 1. The standard InChI is InChI=1S/C54H62N4O11.C15H16N4O4.C2HF3O2.CH4/c1-7-40(37-28-34(4)49(67-6)46(30-37)66-5)51(62)57-26-9-8-18-44(57)54(65)69-45(23-21-35-20-19-32(2)33(3)27-35)36-13-10-15-39(29-36)68-31-38(59)14-12-25-55-42-17-11-16-41-48(42)53(64)58(52(41)63)43-22-24-47(60)56-50(43)61;16-6-7-17-9-3-1-2-8-12(9)15(23)19(14(8)22)10-4-5-11(20)18-13(10)21;3-2(4,5)1(6)7;/h10-11,13,15-17,19-20,27-30,40,43-45,55H,7-9,12,14,18,21-26,31H2,1-6H3,(H,56,60,61);1-3,10,17H,4-7,16H2,(H,18,20,21);(H,6,7);1H4/t40-,43?,44-,45+;;;/m0.../s1. The summed E-state index contributed by atoms with van der Waals surface area (Å²) in [6, 6.07) is 24.3. The number of piperidine rings is 3. The highest BCUT2D eigenvalue weighted by atomic mass is 19.4. The number of imide groups is 4. The van der Waals surface area contributed by atoms with Crippen LogP contribution in [0.4, 0.5) is 24.5 Å². The van der Waals surface area contributed by atoms with Gasteiger partial charge in [0, 0.05) is 43.7 Å². The molecule has 25 nitrogen and oxygen atoms in total. The molecule has 5 aromatic rings. The minimum absolute atomic E-state index is 0. The number of ether oxygens (including phenoxy) is 4. The molecule has 0 aliphatic carbocycles. The molecule has 7 N–H and O–H groups in total. The maximum absolute atomic E-state index is 14.5. The maximum Gasteiger partial charge on any atom is 0.430 e. The first-order valence-electron chi connectivity index (χ1n) is 32.5. The molecule has 5 heterocycles. The number of nitrogens with one attached hydrogen (secondary N) is 4. The van der Waals surface area contributed by atoms with E-state index in [1.807, 2.05) is 32.0 Å². The minimum Gasteiger partial charge on any atom is -0.542 e. The number of aryl methyl sites for hydroxylation is 4.